The van der Waals surface area contributed by atoms with Crippen LogP contribution in [0.4, 0.5) is 0 Å². The van der Waals surface area contributed by atoms with Gasteiger partial charge in [-0.05, 0) is 28.8 Å². The maximum atomic E-state index is 11.7. The van der Waals surface area contributed by atoms with E-state index in [0.717, 1.165) is 22.4 Å². The molecule has 0 aromatic heterocycles. The highest BCUT2D eigenvalue weighted by molar-refractivity contribution is 5.81. The second-order valence-electron chi connectivity index (χ2n) is 5.21. The highest BCUT2D eigenvalue weighted by Crippen LogP contribution is 2.22. The lowest BCUT2D eigenvalue weighted by Crippen LogP contribution is -2.43. The van der Waals surface area contributed by atoms with Gasteiger partial charge in [-0.3, -0.25) is 4.79 Å². The van der Waals surface area contributed by atoms with Crippen LogP contribution in [0.1, 0.15) is 5.56 Å². The first kappa shape index (κ1) is 17.0. The van der Waals surface area contributed by atoms with Gasteiger partial charge < -0.3 is 20.5 Å². The average molecular weight is 314 g/mol. The maximum absolute atomic E-state index is 11.7. The predicted octanol–water partition coefficient (Wildman–Crippen LogP) is 1.95. The molecular formula is C18H22N2O3. The zero-order valence-corrected chi connectivity index (χ0v) is 13.4. The summed E-state index contributed by atoms with van der Waals surface area (Å²) in [6.07, 6.45) is 0. The first-order chi connectivity index (χ1) is 11.1. The van der Waals surface area contributed by atoms with Crippen LogP contribution in [0.5, 0.6) is 5.75 Å². The van der Waals surface area contributed by atoms with Crippen molar-refractivity contribution in [3.05, 3.63) is 54.1 Å². The van der Waals surface area contributed by atoms with E-state index in [1.807, 2.05) is 48.5 Å². The normalized spacial score (nSPS) is 11.8. The van der Waals surface area contributed by atoms with Crippen molar-refractivity contribution in [2.24, 2.45) is 5.73 Å². The quantitative estimate of drug-likeness (QED) is 0.819. The number of hydrogen-bond acceptors (Lipinski definition) is 4. The number of methoxy groups -OCH3 is 2. The maximum Gasteiger partial charge on any atom is 0.239 e. The fourth-order valence-electron chi connectivity index (χ4n) is 2.17. The molecule has 5 nitrogen and oxygen atoms in total. The third kappa shape index (κ3) is 4.81. The third-order valence-corrected chi connectivity index (χ3v) is 3.53. The first-order valence-electron chi connectivity index (χ1n) is 7.39. The Balaban J connectivity index is 1.95. The Kier molecular flexibility index (Phi) is 6.14. The first-order valence-corrected chi connectivity index (χ1v) is 7.39. The van der Waals surface area contributed by atoms with E-state index in [9.17, 15) is 4.79 Å². The second-order valence-corrected chi connectivity index (χ2v) is 5.21. The zero-order chi connectivity index (χ0) is 16.7. The lowest BCUT2D eigenvalue weighted by molar-refractivity contribution is -0.123. The molecule has 122 valence electrons. The molecule has 0 aliphatic heterocycles. The van der Waals surface area contributed by atoms with Gasteiger partial charge in [-0.2, -0.15) is 0 Å². The fourth-order valence-corrected chi connectivity index (χ4v) is 2.17. The molecule has 0 fully saturated rings. The van der Waals surface area contributed by atoms with Gasteiger partial charge in [0.1, 0.15) is 11.8 Å². The number of nitrogens with one attached hydrogen (secondary N) is 1. The second kappa shape index (κ2) is 8.31. The molecule has 0 aliphatic rings. The lowest BCUT2D eigenvalue weighted by Gasteiger charge is -2.11. The van der Waals surface area contributed by atoms with Crippen LogP contribution in [0.2, 0.25) is 0 Å². The van der Waals surface area contributed by atoms with Crippen LogP contribution in [0.3, 0.4) is 0 Å². The van der Waals surface area contributed by atoms with Crippen LogP contribution in [0, 0.1) is 0 Å². The number of hydrogen-bond donors (Lipinski definition) is 2. The van der Waals surface area contributed by atoms with Gasteiger partial charge in [-0.25, -0.2) is 0 Å². The number of carbonyl (C=O) groups excluding carboxylic acids is 1. The monoisotopic (exact) mass is 314 g/mol. The van der Waals surface area contributed by atoms with E-state index in [1.165, 1.54) is 7.11 Å². The van der Waals surface area contributed by atoms with Crippen LogP contribution in [0.25, 0.3) is 11.1 Å². The van der Waals surface area contributed by atoms with Crippen molar-refractivity contribution < 1.29 is 14.3 Å². The van der Waals surface area contributed by atoms with Gasteiger partial charge in [-0.1, -0.05) is 36.4 Å². The minimum atomic E-state index is -0.640. The van der Waals surface area contributed by atoms with Gasteiger partial charge >= 0.3 is 0 Å². The molecule has 5 heteroatoms. The van der Waals surface area contributed by atoms with Crippen molar-refractivity contribution in [1.29, 1.82) is 0 Å². The molecule has 2 rings (SSSR count). The molecule has 0 aliphatic carbocycles. The predicted molar refractivity (Wildman–Crippen MR) is 90.1 cm³/mol. The summed E-state index contributed by atoms with van der Waals surface area (Å²) in [5.41, 5.74) is 8.91. The van der Waals surface area contributed by atoms with Crippen LogP contribution in [-0.2, 0) is 16.1 Å². The van der Waals surface area contributed by atoms with E-state index in [-0.39, 0.29) is 12.5 Å². The molecule has 0 saturated carbocycles. The number of carbonyl (C=O) groups is 1. The van der Waals surface area contributed by atoms with Crippen LogP contribution in [-0.4, -0.2) is 32.8 Å². The average Bonchev–Trinajstić information content (AvgIpc) is 2.60. The largest absolute Gasteiger partial charge is 0.497 e. The summed E-state index contributed by atoms with van der Waals surface area (Å²) >= 11 is 0. The number of ether oxygens (including phenoxy) is 2. The van der Waals surface area contributed by atoms with Crippen molar-refractivity contribution in [2.45, 2.75) is 12.6 Å². The Bertz CT molecular complexity index is 624. The molecule has 0 radical (unpaired) electrons. The highest BCUT2D eigenvalue weighted by Gasteiger charge is 2.12. The summed E-state index contributed by atoms with van der Waals surface area (Å²) in [4.78, 5) is 11.7. The van der Waals surface area contributed by atoms with Crippen LogP contribution in [0.15, 0.2) is 48.5 Å². The molecule has 1 atom stereocenters. The summed E-state index contributed by atoms with van der Waals surface area (Å²) in [6.45, 7) is 0.654. The van der Waals surface area contributed by atoms with Crippen LogP contribution >= 0.6 is 0 Å². The molecule has 23 heavy (non-hydrogen) atoms. The van der Waals surface area contributed by atoms with Crippen molar-refractivity contribution >= 4 is 5.91 Å². The van der Waals surface area contributed by atoms with Crippen molar-refractivity contribution in [1.82, 2.24) is 5.32 Å². The molecule has 1 unspecified atom stereocenters. The molecule has 0 heterocycles. The van der Waals surface area contributed by atoms with Crippen molar-refractivity contribution in [3.8, 4) is 16.9 Å². The molecule has 0 saturated heterocycles. The van der Waals surface area contributed by atoms with Gasteiger partial charge in [0, 0.05) is 13.7 Å². The van der Waals surface area contributed by atoms with Crippen molar-refractivity contribution in [3.63, 3.8) is 0 Å². The summed E-state index contributed by atoms with van der Waals surface area (Å²) in [6, 6.07) is 15.3. The summed E-state index contributed by atoms with van der Waals surface area (Å²) < 4.78 is 10.0. The fraction of sp³-hybridized carbons (Fsp3) is 0.278. The Morgan fingerprint density at radius 3 is 2.13 bits per heavy atom. The molecule has 2 aromatic carbocycles. The Hall–Kier alpha value is -2.37. The van der Waals surface area contributed by atoms with E-state index in [4.69, 9.17) is 15.2 Å². The number of nitrogens with two attached hydrogens (primary N) is 1. The topological polar surface area (TPSA) is 73.6 Å². The third-order valence-electron chi connectivity index (χ3n) is 3.53. The van der Waals surface area contributed by atoms with E-state index in [1.54, 1.807) is 7.11 Å². The summed E-state index contributed by atoms with van der Waals surface area (Å²) in [7, 11) is 3.17. The van der Waals surface area contributed by atoms with Gasteiger partial charge in [0.05, 0.1) is 13.7 Å². The zero-order valence-electron chi connectivity index (χ0n) is 13.4. The molecule has 1 amide bonds. The summed E-state index contributed by atoms with van der Waals surface area (Å²) in [5.74, 6) is 0.617. The number of benzene rings is 2. The van der Waals surface area contributed by atoms with Gasteiger partial charge in [-0.15, -0.1) is 0 Å². The Morgan fingerprint density at radius 2 is 1.61 bits per heavy atom. The van der Waals surface area contributed by atoms with E-state index < -0.39 is 6.04 Å². The van der Waals surface area contributed by atoms with Gasteiger partial charge in [0.25, 0.3) is 0 Å². The smallest absolute Gasteiger partial charge is 0.239 e. The molecule has 2 aromatic rings. The van der Waals surface area contributed by atoms with Gasteiger partial charge in [0.2, 0.25) is 5.91 Å². The molecule has 3 N–H and O–H groups in total. The van der Waals surface area contributed by atoms with Gasteiger partial charge in [0.15, 0.2) is 0 Å². The SMILES string of the molecule is COCC(N)C(=O)NCc1ccc(-c2ccc(OC)cc2)cc1. The Labute approximate surface area is 136 Å². The Morgan fingerprint density at radius 1 is 1.04 bits per heavy atom. The van der Waals surface area contributed by atoms with Crippen molar-refractivity contribution in [2.75, 3.05) is 20.8 Å². The molecular weight excluding hydrogens is 292 g/mol. The minimum Gasteiger partial charge on any atom is -0.497 e. The van der Waals surface area contributed by atoms with E-state index >= 15 is 0 Å². The van der Waals surface area contributed by atoms with Crippen LogP contribution < -0.4 is 15.8 Å². The standard InChI is InChI=1S/C18H22N2O3/c1-22-12-17(19)18(21)20-11-13-3-5-14(6-4-13)15-7-9-16(23-2)10-8-15/h3-10,17H,11-12,19H2,1-2H3,(H,20,21). The molecule has 0 bridgehead atoms. The number of amides is 1. The number of rotatable bonds is 7. The van der Waals surface area contributed by atoms with E-state index in [2.05, 4.69) is 5.32 Å². The van der Waals surface area contributed by atoms with E-state index in [0.29, 0.717) is 6.54 Å². The minimum absolute atomic E-state index is 0.211. The summed E-state index contributed by atoms with van der Waals surface area (Å²) in [5, 5.41) is 2.80. The highest BCUT2D eigenvalue weighted by atomic mass is 16.5. The molecule has 0 spiro atoms. The lowest BCUT2D eigenvalue weighted by atomic mass is 10.0.